The van der Waals surface area contributed by atoms with Gasteiger partial charge in [0.25, 0.3) is 0 Å². The lowest BCUT2D eigenvalue weighted by Gasteiger charge is -2.31. The van der Waals surface area contributed by atoms with Gasteiger partial charge in [0.1, 0.15) is 0 Å². The van der Waals surface area contributed by atoms with Crippen LogP contribution in [0.5, 0.6) is 0 Å². The lowest BCUT2D eigenvalue weighted by atomic mass is 9.99. The van der Waals surface area contributed by atoms with E-state index in [1.165, 1.54) is 17.7 Å². The summed E-state index contributed by atoms with van der Waals surface area (Å²) in [6.07, 6.45) is 9.49. The zero-order valence-corrected chi connectivity index (χ0v) is 9.58. The lowest BCUT2D eigenvalue weighted by Crippen LogP contribution is -2.30. The molecule has 1 aliphatic heterocycles. The van der Waals surface area contributed by atoms with E-state index in [-0.39, 0.29) is 0 Å². The molecule has 0 aromatic heterocycles. The van der Waals surface area contributed by atoms with Crippen molar-refractivity contribution in [2.24, 2.45) is 0 Å². The highest BCUT2D eigenvalue weighted by Crippen LogP contribution is 2.31. The number of nitrogens with zero attached hydrogens (tertiary/aromatic N) is 1. The first kappa shape index (κ1) is 10.9. The number of benzene rings is 1. The molecule has 0 radical (unpaired) electrons. The van der Waals surface area contributed by atoms with Crippen LogP contribution in [0, 0.1) is 12.3 Å². The number of hydrogen-bond donors (Lipinski definition) is 1. The largest absolute Gasteiger partial charge is 0.398 e. The zero-order chi connectivity index (χ0) is 11.4. The van der Waals surface area contributed by atoms with E-state index in [2.05, 4.69) is 16.9 Å². The van der Waals surface area contributed by atoms with Crippen LogP contribution in [0.25, 0.3) is 0 Å². The number of nitrogens with two attached hydrogens (primary N) is 1. The van der Waals surface area contributed by atoms with Crippen LogP contribution >= 0.6 is 0 Å². The number of hydrogen-bond acceptors (Lipinski definition) is 2. The average molecular weight is 214 g/mol. The van der Waals surface area contributed by atoms with Crippen molar-refractivity contribution in [2.45, 2.75) is 25.7 Å². The molecule has 1 aromatic rings. The highest BCUT2D eigenvalue weighted by Gasteiger charge is 2.17. The van der Waals surface area contributed by atoms with Crippen molar-refractivity contribution in [1.29, 1.82) is 0 Å². The van der Waals surface area contributed by atoms with Gasteiger partial charge >= 0.3 is 0 Å². The number of unbranched alkanes of at least 4 members (excludes halogenated alkanes) is 1. The van der Waals surface area contributed by atoms with E-state index in [4.69, 9.17) is 12.2 Å². The SMILES string of the molecule is C#CCCCN1CCCc2c(N)cccc21. The Hall–Kier alpha value is -1.62. The third-order valence-corrected chi connectivity index (χ3v) is 3.13. The van der Waals surface area contributed by atoms with Gasteiger partial charge in [-0.2, -0.15) is 0 Å². The molecule has 2 nitrogen and oxygen atoms in total. The Morgan fingerprint density at radius 3 is 3.12 bits per heavy atom. The van der Waals surface area contributed by atoms with Crippen LogP contribution < -0.4 is 10.6 Å². The molecule has 1 heterocycles. The summed E-state index contributed by atoms with van der Waals surface area (Å²) in [4.78, 5) is 2.41. The molecule has 0 atom stereocenters. The van der Waals surface area contributed by atoms with Crippen molar-refractivity contribution in [2.75, 3.05) is 23.7 Å². The fourth-order valence-electron chi connectivity index (χ4n) is 2.33. The second-order valence-electron chi connectivity index (χ2n) is 4.24. The maximum atomic E-state index is 6.00. The van der Waals surface area contributed by atoms with E-state index in [1.54, 1.807) is 0 Å². The van der Waals surface area contributed by atoms with Crippen LogP contribution in [-0.2, 0) is 6.42 Å². The molecule has 2 heteroatoms. The minimum absolute atomic E-state index is 0.855. The van der Waals surface area contributed by atoms with Crippen LogP contribution in [0.2, 0.25) is 0 Å². The molecule has 2 N–H and O–H groups in total. The maximum absolute atomic E-state index is 6.00. The summed E-state index contributed by atoms with van der Waals surface area (Å²) in [7, 11) is 0. The van der Waals surface area contributed by atoms with Crippen LogP contribution in [0.3, 0.4) is 0 Å². The van der Waals surface area contributed by atoms with Gasteiger partial charge in [-0.25, -0.2) is 0 Å². The molecule has 84 valence electrons. The number of rotatable bonds is 3. The van der Waals surface area contributed by atoms with Crippen molar-refractivity contribution in [3.8, 4) is 12.3 Å². The van der Waals surface area contributed by atoms with Gasteiger partial charge in [-0.05, 0) is 37.0 Å². The molecule has 0 spiro atoms. The summed E-state index contributed by atoms with van der Waals surface area (Å²) < 4.78 is 0. The van der Waals surface area contributed by atoms with E-state index >= 15 is 0 Å². The second-order valence-corrected chi connectivity index (χ2v) is 4.24. The van der Waals surface area contributed by atoms with Gasteiger partial charge in [0.05, 0.1) is 0 Å². The van der Waals surface area contributed by atoms with Crippen molar-refractivity contribution in [3.05, 3.63) is 23.8 Å². The molecular weight excluding hydrogens is 196 g/mol. The van der Waals surface area contributed by atoms with Crippen molar-refractivity contribution in [3.63, 3.8) is 0 Å². The number of terminal acetylenes is 1. The molecule has 0 saturated heterocycles. The van der Waals surface area contributed by atoms with Gasteiger partial charge in [0, 0.05) is 30.9 Å². The molecule has 0 unspecified atom stereocenters. The van der Waals surface area contributed by atoms with E-state index in [0.717, 1.165) is 38.0 Å². The maximum Gasteiger partial charge on any atom is 0.0419 e. The fraction of sp³-hybridized carbons (Fsp3) is 0.429. The van der Waals surface area contributed by atoms with Crippen molar-refractivity contribution in [1.82, 2.24) is 0 Å². The van der Waals surface area contributed by atoms with E-state index in [1.807, 2.05) is 12.1 Å². The summed E-state index contributed by atoms with van der Waals surface area (Å²) >= 11 is 0. The second kappa shape index (κ2) is 4.94. The number of nitrogen functional groups attached to an aromatic ring is 1. The summed E-state index contributed by atoms with van der Waals surface area (Å²) in [5.74, 6) is 2.69. The Morgan fingerprint density at radius 2 is 2.31 bits per heavy atom. The predicted octanol–water partition coefficient (Wildman–Crippen LogP) is 2.43. The molecular formula is C14H18N2. The first-order valence-corrected chi connectivity index (χ1v) is 5.88. The molecule has 1 aliphatic rings. The molecule has 2 rings (SSSR count). The predicted molar refractivity (Wildman–Crippen MR) is 69.5 cm³/mol. The Kier molecular flexibility index (Phi) is 3.36. The lowest BCUT2D eigenvalue weighted by molar-refractivity contribution is 0.672. The van der Waals surface area contributed by atoms with Gasteiger partial charge < -0.3 is 10.6 Å². The summed E-state index contributed by atoms with van der Waals surface area (Å²) in [5, 5.41) is 0. The third kappa shape index (κ3) is 2.14. The van der Waals surface area contributed by atoms with Gasteiger partial charge in [-0.3, -0.25) is 0 Å². The molecule has 0 aliphatic carbocycles. The third-order valence-electron chi connectivity index (χ3n) is 3.13. The first-order chi connectivity index (χ1) is 7.83. The Morgan fingerprint density at radius 1 is 1.44 bits per heavy atom. The van der Waals surface area contributed by atoms with Crippen molar-refractivity contribution < 1.29 is 0 Å². The number of anilines is 2. The molecule has 16 heavy (non-hydrogen) atoms. The first-order valence-electron chi connectivity index (χ1n) is 5.88. The summed E-state index contributed by atoms with van der Waals surface area (Å²) in [6, 6.07) is 6.19. The smallest absolute Gasteiger partial charge is 0.0419 e. The van der Waals surface area contributed by atoms with E-state index in [9.17, 15) is 0 Å². The average Bonchev–Trinajstić information content (AvgIpc) is 2.31. The van der Waals surface area contributed by atoms with Crippen LogP contribution in [0.15, 0.2) is 18.2 Å². The summed E-state index contributed by atoms with van der Waals surface area (Å²) in [6.45, 7) is 2.17. The van der Waals surface area contributed by atoms with Crippen molar-refractivity contribution >= 4 is 11.4 Å². The zero-order valence-electron chi connectivity index (χ0n) is 9.58. The molecule has 0 bridgehead atoms. The number of fused-ring (bicyclic) bond motifs is 1. The molecule has 0 saturated carbocycles. The Labute approximate surface area is 97.4 Å². The highest BCUT2D eigenvalue weighted by atomic mass is 15.1. The van der Waals surface area contributed by atoms with E-state index in [0.29, 0.717) is 0 Å². The molecule has 1 aromatic carbocycles. The van der Waals surface area contributed by atoms with Gasteiger partial charge in [-0.15, -0.1) is 12.3 Å². The van der Waals surface area contributed by atoms with Gasteiger partial charge in [-0.1, -0.05) is 6.07 Å². The minimum atomic E-state index is 0.855. The standard InChI is InChI=1S/C14H18N2/c1-2-3-4-10-16-11-6-7-12-13(15)8-5-9-14(12)16/h1,5,8-9H,3-4,6-7,10-11,15H2. The highest BCUT2D eigenvalue weighted by molar-refractivity contribution is 5.66. The Bertz CT molecular complexity index is 404. The fourth-order valence-corrected chi connectivity index (χ4v) is 2.33. The normalized spacial score (nSPS) is 14.3. The van der Waals surface area contributed by atoms with Crippen LogP contribution in [-0.4, -0.2) is 13.1 Å². The monoisotopic (exact) mass is 214 g/mol. The van der Waals surface area contributed by atoms with E-state index < -0.39 is 0 Å². The van der Waals surface area contributed by atoms with Crippen LogP contribution in [0.1, 0.15) is 24.8 Å². The topological polar surface area (TPSA) is 29.3 Å². The summed E-state index contributed by atoms with van der Waals surface area (Å²) in [5.41, 5.74) is 9.55. The molecule has 0 amide bonds. The minimum Gasteiger partial charge on any atom is -0.398 e. The van der Waals surface area contributed by atoms with Gasteiger partial charge in [0.2, 0.25) is 0 Å². The quantitative estimate of drug-likeness (QED) is 0.475. The Balaban J connectivity index is 2.14. The molecule has 0 fully saturated rings. The van der Waals surface area contributed by atoms with Gasteiger partial charge in [0.15, 0.2) is 0 Å². The van der Waals surface area contributed by atoms with Crippen LogP contribution in [0.4, 0.5) is 11.4 Å².